The molecule has 0 spiro atoms. The summed E-state index contributed by atoms with van der Waals surface area (Å²) >= 11 is 1.38. The number of amides is 1. The van der Waals surface area contributed by atoms with Crippen LogP contribution < -0.4 is 10.1 Å². The Bertz CT molecular complexity index is 586. The fraction of sp³-hybridized carbons (Fsp3) is 0.462. The zero-order chi connectivity index (χ0) is 14.6. The highest BCUT2D eigenvalue weighted by Crippen LogP contribution is 2.28. The van der Waals surface area contributed by atoms with Crippen molar-refractivity contribution in [3.63, 3.8) is 0 Å². The topological polar surface area (TPSA) is 72.5 Å². The molecule has 0 bridgehead atoms. The van der Waals surface area contributed by atoms with Crippen LogP contribution in [0, 0.1) is 0 Å². The minimum Gasteiger partial charge on any atom is -0.496 e. The molecule has 1 aromatic carbocycles. The molecule has 0 aromatic heterocycles. The highest BCUT2D eigenvalue weighted by molar-refractivity contribution is 8.00. The lowest BCUT2D eigenvalue weighted by Crippen LogP contribution is -2.36. The fourth-order valence-electron chi connectivity index (χ4n) is 2.06. The molecule has 2 rings (SSSR count). The number of carbonyl (C=O) groups is 1. The average molecular weight is 315 g/mol. The van der Waals surface area contributed by atoms with E-state index in [0.717, 1.165) is 10.6 Å². The van der Waals surface area contributed by atoms with Gasteiger partial charge in [0.2, 0.25) is 5.91 Å². The minimum atomic E-state index is -2.96. The van der Waals surface area contributed by atoms with Crippen LogP contribution in [0.4, 0.5) is 0 Å². The van der Waals surface area contributed by atoms with Crippen molar-refractivity contribution in [2.24, 2.45) is 0 Å². The van der Waals surface area contributed by atoms with Gasteiger partial charge in [-0.25, -0.2) is 8.42 Å². The molecule has 1 atom stereocenters. The van der Waals surface area contributed by atoms with Crippen LogP contribution in [0.5, 0.6) is 5.75 Å². The summed E-state index contributed by atoms with van der Waals surface area (Å²) in [5, 5.41) is 2.76. The molecule has 1 N–H and O–H groups in total. The lowest BCUT2D eigenvalue weighted by atomic mass is 10.3. The number of sulfone groups is 1. The second-order valence-electron chi connectivity index (χ2n) is 4.61. The van der Waals surface area contributed by atoms with Crippen LogP contribution >= 0.6 is 11.8 Å². The van der Waals surface area contributed by atoms with Gasteiger partial charge in [0, 0.05) is 10.9 Å². The average Bonchev–Trinajstić information content (AvgIpc) is 2.76. The molecular formula is C13H17NO4S2. The molecule has 1 aliphatic rings. The standard InChI is InChI=1S/C13H17NO4S2/c1-18-11-4-2-3-5-12(11)19-8-13(15)14-10-6-7-20(16,17)9-10/h2-5,10H,6-9H2,1H3,(H,14,15)/t10-/m0/s1. The maximum atomic E-state index is 11.8. The summed E-state index contributed by atoms with van der Waals surface area (Å²) < 4.78 is 27.8. The largest absolute Gasteiger partial charge is 0.496 e. The number of carbonyl (C=O) groups excluding carboxylic acids is 1. The van der Waals surface area contributed by atoms with Crippen LogP contribution in [0.2, 0.25) is 0 Å². The van der Waals surface area contributed by atoms with Crippen molar-refractivity contribution in [2.75, 3.05) is 24.4 Å². The van der Waals surface area contributed by atoms with E-state index in [4.69, 9.17) is 4.74 Å². The van der Waals surface area contributed by atoms with E-state index in [-0.39, 0.29) is 29.2 Å². The molecule has 1 aromatic rings. The Kier molecular flexibility index (Phi) is 4.93. The molecule has 1 amide bonds. The highest BCUT2D eigenvalue weighted by atomic mass is 32.2. The summed E-state index contributed by atoms with van der Waals surface area (Å²) in [5.74, 6) is 1.05. The zero-order valence-corrected chi connectivity index (χ0v) is 12.8. The molecule has 110 valence electrons. The summed E-state index contributed by atoms with van der Waals surface area (Å²) in [6.07, 6.45) is 0.507. The summed E-state index contributed by atoms with van der Waals surface area (Å²) in [4.78, 5) is 12.7. The number of methoxy groups -OCH3 is 1. The summed E-state index contributed by atoms with van der Waals surface area (Å²) in [6.45, 7) is 0. The van der Waals surface area contributed by atoms with Gasteiger partial charge in [-0.3, -0.25) is 4.79 Å². The third-order valence-corrected chi connectivity index (χ3v) is 5.85. The van der Waals surface area contributed by atoms with Crippen molar-refractivity contribution < 1.29 is 17.9 Å². The van der Waals surface area contributed by atoms with Crippen LogP contribution in [-0.2, 0) is 14.6 Å². The second kappa shape index (κ2) is 6.49. The zero-order valence-electron chi connectivity index (χ0n) is 11.2. The number of thioether (sulfide) groups is 1. The van der Waals surface area contributed by atoms with Crippen LogP contribution in [0.1, 0.15) is 6.42 Å². The molecule has 0 radical (unpaired) electrons. The van der Waals surface area contributed by atoms with Crippen LogP contribution in [0.3, 0.4) is 0 Å². The smallest absolute Gasteiger partial charge is 0.230 e. The van der Waals surface area contributed by atoms with E-state index >= 15 is 0 Å². The van der Waals surface area contributed by atoms with Gasteiger partial charge in [0.1, 0.15) is 5.75 Å². The Labute approximate surface area is 123 Å². The lowest BCUT2D eigenvalue weighted by molar-refractivity contribution is -0.119. The first-order chi connectivity index (χ1) is 9.50. The van der Waals surface area contributed by atoms with E-state index < -0.39 is 9.84 Å². The minimum absolute atomic E-state index is 0.0536. The van der Waals surface area contributed by atoms with Crippen molar-refractivity contribution in [3.8, 4) is 5.75 Å². The Morgan fingerprint density at radius 2 is 2.20 bits per heavy atom. The molecule has 1 aliphatic heterocycles. The maximum absolute atomic E-state index is 11.8. The monoisotopic (exact) mass is 315 g/mol. The van der Waals surface area contributed by atoms with E-state index in [1.165, 1.54) is 11.8 Å². The summed E-state index contributed by atoms with van der Waals surface area (Å²) in [7, 11) is -1.37. The van der Waals surface area contributed by atoms with Crippen molar-refractivity contribution in [1.82, 2.24) is 5.32 Å². The predicted molar refractivity (Wildman–Crippen MR) is 78.9 cm³/mol. The Balaban J connectivity index is 1.84. The van der Waals surface area contributed by atoms with E-state index in [0.29, 0.717) is 6.42 Å². The molecule has 1 saturated heterocycles. The van der Waals surface area contributed by atoms with Crippen LogP contribution in [0.15, 0.2) is 29.2 Å². The van der Waals surface area contributed by atoms with Crippen molar-refractivity contribution >= 4 is 27.5 Å². The number of hydrogen-bond donors (Lipinski definition) is 1. The predicted octanol–water partition coefficient (Wildman–Crippen LogP) is 1.09. The van der Waals surface area contributed by atoms with Crippen LogP contribution in [-0.4, -0.2) is 44.7 Å². The van der Waals surface area contributed by atoms with Crippen molar-refractivity contribution in [3.05, 3.63) is 24.3 Å². The van der Waals surface area contributed by atoms with Gasteiger partial charge in [-0.1, -0.05) is 12.1 Å². The Morgan fingerprint density at radius 1 is 1.45 bits per heavy atom. The van der Waals surface area contributed by atoms with Gasteiger partial charge in [-0.05, 0) is 18.6 Å². The maximum Gasteiger partial charge on any atom is 0.230 e. The first kappa shape index (κ1) is 15.2. The van der Waals surface area contributed by atoms with Gasteiger partial charge in [0.05, 0.1) is 24.4 Å². The number of ether oxygens (including phenoxy) is 1. The van der Waals surface area contributed by atoms with Gasteiger partial charge in [-0.2, -0.15) is 0 Å². The van der Waals surface area contributed by atoms with Crippen molar-refractivity contribution in [2.45, 2.75) is 17.4 Å². The Morgan fingerprint density at radius 3 is 2.85 bits per heavy atom. The number of benzene rings is 1. The summed E-state index contributed by atoms with van der Waals surface area (Å²) in [5.41, 5.74) is 0. The molecule has 0 unspecified atom stereocenters. The highest BCUT2D eigenvalue weighted by Gasteiger charge is 2.28. The van der Waals surface area contributed by atoms with Gasteiger partial charge < -0.3 is 10.1 Å². The van der Waals surface area contributed by atoms with Gasteiger partial charge in [0.15, 0.2) is 9.84 Å². The first-order valence-corrected chi connectivity index (χ1v) is 9.06. The lowest BCUT2D eigenvalue weighted by Gasteiger charge is -2.11. The quantitative estimate of drug-likeness (QED) is 0.824. The molecule has 20 heavy (non-hydrogen) atoms. The van der Waals surface area contributed by atoms with Gasteiger partial charge in [0.25, 0.3) is 0 Å². The fourth-order valence-corrected chi connectivity index (χ4v) is 4.57. The molecule has 7 heteroatoms. The Hall–Kier alpha value is -1.21. The van der Waals surface area contributed by atoms with E-state index in [2.05, 4.69) is 5.32 Å². The number of rotatable bonds is 5. The number of hydrogen-bond acceptors (Lipinski definition) is 5. The third kappa shape index (κ3) is 4.14. The molecule has 0 aliphatic carbocycles. The van der Waals surface area contributed by atoms with E-state index in [1.807, 2.05) is 24.3 Å². The SMILES string of the molecule is COc1ccccc1SCC(=O)N[C@H]1CCS(=O)(=O)C1. The molecule has 0 saturated carbocycles. The number of nitrogens with one attached hydrogen (secondary N) is 1. The van der Waals surface area contributed by atoms with E-state index in [1.54, 1.807) is 7.11 Å². The van der Waals surface area contributed by atoms with Gasteiger partial charge >= 0.3 is 0 Å². The first-order valence-electron chi connectivity index (χ1n) is 6.26. The van der Waals surface area contributed by atoms with E-state index in [9.17, 15) is 13.2 Å². The molecule has 1 fully saturated rings. The number of para-hydroxylation sites is 1. The second-order valence-corrected chi connectivity index (χ2v) is 7.85. The third-order valence-electron chi connectivity index (χ3n) is 3.03. The molecule has 5 nitrogen and oxygen atoms in total. The van der Waals surface area contributed by atoms with Crippen molar-refractivity contribution in [1.29, 1.82) is 0 Å². The molecule has 1 heterocycles. The van der Waals surface area contributed by atoms with Gasteiger partial charge in [-0.15, -0.1) is 11.8 Å². The van der Waals surface area contributed by atoms with Crippen LogP contribution in [0.25, 0.3) is 0 Å². The summed E-state index contributed by atoms with van der Waals surface area (Å²) in [6, 6.07) is 7.23. The molecular weight excluding hydrogens is 298 g/mol. The normalized spacial score (nSPS) is 20.6.